The zero-order valence-electron chi connectivity index (χ0n) is 20.3. The van der Waals surface area contributed by atoms with Gasteiger partial charge in [-0.25, -0.2) is 4.98 Å². The molecule has 1 aromatic heterocycles. The molecule has 0 spiro atoms. The molecule has 0 unspecified atom stereocenters. The Morgan fingerprint density at radius 1 is 0.743 bits per heavy atom. The zero-order chi connectivity index (χ0) is 24.8. The monoisotopic (exact) mass is 472 g/mol. The second kappa shape index (κ2) is 10.8. The number of amides is 1. The van der Waals surface area contributed by atoms with Crippen molar-refractivity contribution in [3.05, 3.63) is 89.2 Å². The number of fused-ring (bicyclic) bond motifs is 1. The maximum atomic E-state index is 13.1. The first-order valence-electron chi connectivity index (χ1n) is 11.1. The molecule has 0 aliphatic heterocycles. The van der Waals surface area contributed by atoms with Crippen LogP contribution >= 0.6 is 0 Å². The number of nitrogens with one attached hydrogen (secondary N) is 1. The summed E-state index contributed by atoms with van der Waals surface area (Å²) in [6, 6.07) is 21.0. The Morgan fingerprint density at radius 3 is 2.09 bits per heavy atom. The number of nitrogens with zero attached hydrogens (tertiary/aromatic N) is 1. The van der Waals surface area contributed by atoms with E-state index in [0.29, 0.717) is 41.7 Å². The van der Waals surface area contributed by atoms with Crippen LogP contribution in [0.1, 0.15) is 27.3 Å². The Hall–Kier alpha value is -4.26. The average Bonchev–Trinajstić information content (AvgIpc) is 2.91. The molecule has 1 amide bonds. The number of aromatic nitrogens is 1. The second-order valence-corrected chi connectivity index (χ2v) is 7.92. The molecular formula is C28H28N2O5. The van der Waals surface area contributed by atoms with Crippen LogP contribution in [0.4, 0.5) is 0 Å². The highest BCUT2D eigenvalue weighted by atomic mass is 16.5. The second-order valence-electron chi connectivity index (χ2n) is 7.92. The molecule has 0 radical (unpaired) electrons. The Balaban J connectivity index is 1.75. The summed E-state index contributed by atoms with van der Waals surface area (Å²) in [4.78, 5) is 17.8. The fourth-order valence-electron chi connectivity index (χ4n) is 3.95. The molecule has 1 heterocycles. The van der Waals surface area contributed by atoms with Crippen molar-refractivity contribution in [2.75, 3.05) is 28.4 Å². The number of benzene rings is 3. The molecular weight excluding hydrogens is 444 g/mol. The lowest BCUT2D eigenvalue weighted by molar-refractivity contribution is 0.0946. The lowest BCUT2D eigenvalue weighted by atomic mass is 10.0. The first-order valence-corrected chi connectivity index (χ1v) is 11.1. The molecule has 7 nitrogen and oxygen atoms in total. The van der Waals surface area contributed by atoms with E-state index in [1.165, 1.54) is 0 Å². The van der Waals surface area contributed by atoms with E-state index < -0.39 is 0 Å². The van der Waals surface area contributed by atoms with Crippen LogP contribution in [0.5, 0.6) is 23.0 Å². The van der Waals surface area contributed by atoms with Crippen molar-refractivity contribution in [3.63, 3.8) is 0 Å². The number of ether oxygens (including phenoxy) is 4. The molecule has 3 aromatic carbocycles. The number of rotatable bonds is 9. The third-order valence-electron chi connectivity index (χ3n) is 5.76. The van der Waals surface area contributed by atoms with Crippen LogP contribution < -0.4 is 24.3 Å². The Morgan fingerprint density at radius 2 is 1.40 bits per heavy atom. The number of carbonyl (C=O) groups is 1. The molecule has 0 atom stereocenters. The van der Waals surface area contributed by atoms with Crippen molar-refractivity contribution in [2.45, 2.75) is 13.0 Å². The van der Waals surface area contributed by atoms with Crippen LogP contribution in [0.25, 0.3) is 10.8 Å². The van der Waals surface area contributed by atoms with Crippen LogP contribution in [0, 0.1) is 0 Å². The highest BCUT2D eigenvalue weighted by molar-refractivity contribution is 5.98. The van der Waals surface area contributed by atoms with Crippen molar-refractivity contribution in [1.82, 2.24) is 10.3 Å². The van der Waals surface area contributed by atoms with Gasteiger partial charge in [-0.2, -0.15) is 0 Å². The van der Waals surface area contributed by atoms with E-state index in [2.05, 4.69) is 5.32 Å². The molecule has 180 valence electrons. The van der Waals surface area contributed by atoms with Gasteiger partial charge in [0.25, 0.3) is 5.91 Å². The van der Waals surface area contributed by atoms with Gasteiger partial charge in [0.1, 0.15) is 5.69 Å². The van der Waals surface area contributed by atoms with Gasteiger partial charge in [-0.15, -0.1) is 0 Å². The maximum Gasteiger partial charge on any atom is 0.270 e. The third-order valence-corrected chi connectivity index (χ3v) is 5.76. The van der Waals surface area contributed by atoms with Gasteiger partial charge in [0.15, 0.2) is 23.0 Å². The van der Waals surface area contributed by atoms with Crippen molar-refractivity contribution in [2.24, 2.45) is 0 Å². The highest BCUT2D eigenvalue weighted by Gasteiger charge is 2.17. The Bertz CT molecular complexity index is 1340. The lowest BCUT2D eigenvalue weighted by Crippen LogP contribution is -2.24. The molecule has 1 N–H and O–H groups in total. The van der Waals surface area contributed by atoms with Gasteiger partial charge in [-0.1, -0.05) is 36.4 Å². The number of carbonyl (C=O) groups excluding carboxylic acids is 1. The van der Waals surface area contributed by atoms with Crippen molar-refractivity contribution in [3.8, 4) is 23.0 Å². The summed E-state index contributed by atoms with van der Waals surface area (Å²) in [6.45, 7) is 0.413. The SMILES string of the molecule is COc1ccc(Cc2nc(C(=O)NCc3ccccc3)cc3cc(OC)c(OC)cc23)cc1OC. The molecule has 7 heteroatoms. The van der Waals surface area contributed by atoms with Crippen LogP contribution in [0.15, 0.2) is 66.7 Å². The summed E-state index contributed by atoms with van der Waals surface area (Å²) in [5, 5.41) is 4.67. The van der Waals surface area contributed by atoms with Crippen LogP contribution in [-0.4, -0.2) is 39.3 Å². The number of hydrogen-bond acceptors (Lipinski definition) is 6. The van der Waals surface area contributed by atoms with Crippen molar-refractivity contribution < 1.29 is 23.7 Å². The zero-order valence-corrected chi connectivity index (χ0v) is 20.3. The van der Waals surface area contributed by atoms with Crippen LogP contribution in [0.2, 0.25) is 0 Å². The Labute approximate surface area is 204 Å². The summed E-state index contributed by atoms with van der Waals surface area (Å²) < 4.78 is 21.8. The van der Waals surface area contributed by atoms with E-state index in [1.54, 1.807) is 34.5 Å². The number of hydrogen-bond donors (Lipinski definition) is 1. The molecule has 0 aliphatic carbocycles. The van der Waals surface area contributed by atoms with E-state index >= 15 is 0 Å². The molecule has 0 saturated heterocycles. The fourth-order valence-corrected chi connectivity index (χ4v) is 3.95. The summed E-state index contributed by atoms with van der Waals surface area (Å²) in [5.74, 6) is 2.20. The summed E-state index contributed by atoms with van der Waals surface area (Å²) in [7, 11) is 6.38. The summed E-state index contributed by atoms with van der Waals surface area (Å²) >= 11 is 0. The topological polar surface area (TPSA) is 78.9 Å². The van der Waals surface area contributed by atoms with Crippen molar-refractivity contribution in [1.29, 1.82) is 0 Å². The standard InChI is InChI=1S/C28H28N2O5/c1-32-24-11-10-19(13-25(24)33-2)12-22-21-16-27(35-4)26(34-3)15-20(21)14-23(30-22)28(31)29-17-18-8-6-5-7-9-18/h5-11,13-16H,12,17H2,1-4H3,(H,29,31). The average molecular weight is 473 g/mol. The normalized spacial score (nSPS) is 10.6. The van der Waals surface area contributed by atoms with E-state index in [-0.39, 0.29) is 5.91 Å². The largest absolute Gasteiger partial charge is 0.493 e. The molecule has 0 saturated carbocycles. The van der Waals surface area contributed by atoms with Gasteiger partial charge in [0.2, 0.25) is 0 Å². The highest BCUT2D eigenvalue weighted by Crippen LogP contribution is 2.35. The number of pyridine rings is 1. The Kier molecular flexibility index (Phi) is 7.35. The van der Waals surface area contributed by atoms with E-state index in [0.717, 1.165) is 27.6 Å². The molecule has 4 aromatic rings. The molecule has 4 rings (SSSR count). The van der Waals surface area contributed by atoms with Gasteiger partial charge in [0.05, 0.1) is 34.1 Å². The molecule has 35 heavy (non-hydrogen) atoms. The van der Waals surface area contributed by atoms with Gasteiger partial charge >= 0.3 is 0 Å². The number of methoxy groups -OCH3 is 4. The molecule has 0 fully saturated rings. The predicted octanol–water partition coefficient (Wildman–Crippen LogP) is 4.79. The van der Waals surface area contributed by atoms with Crippen molar-refractivity contribution >= 4 is 16.7 Å². The molecule has 0 aliphatic rings. The van der Waals surface area contributed by atoms with Gasteiger partial charge in [-0.3, -0.25) is 4.79 Å². The minimum absolute atomic E-state index is 0.251. The van der Waals surface area contributed by atoms with Gasteiger partial charge < -0.3 is 24.3 Å². The maximum absolute atomic E-state index is 13.1. The van der Waals surface area contributed by atoms with E-state index in [9.17, 15) is 4.79 Å². The van der Waals surface area contributed by atoms with Crippen LogP contribution in [0.3, 0.4) is 0 Å². The predicted molar refractivity (Wildman–Crippen MR) is 135 cm³/mol. The van der Waals surface area contributed by atoms with E-state index in [1.807, 2.05) is 60.7 Å². The van der Waals surface area contributed by atoms with Gasteiger partial charge in [-0.05, 0) is 46.8 Å². The van der Waals surface area contributed by atoms with Gasteiger partial charge in [0, 0.05) is 18.4 Å². The fraction of sp³-hybridized carbons (Fsp3) is 0.214. The third kappa shape index (κ3) is 5.30. The van der Waals surface area contributed by atoms with Crippen LogP contribution in [-0.2, 0) is 13.0 Å². The first-order chi connectivity index (χ1) is 17.1. The summed E-state index contributed by atoms with van der Waals surface area (Å²) in [6.07, 6.45) is 0.478. The minimum Gasteiger partial charge on any atom is -0.493 e. The van der Waals surface area contributed by atoms with E-state index in [4.69, 9.17) is 23.9 Å². The lowest BCUT2D eigenvalue weighted by Gasteiger charge is -2.14. The quantitative estimate of drug-likeness (QED) is 0.377. The summed E-state index contributed by atoms with van der Waals surface area (Å²) in [5.41, 5.74) is 3.04. The smallest absolute Gasteiger partial charge is 0.270 e. The minimum atomic E-state index is -0.251. The molecule has 0 bridgehead atoms. The first kappa shape index (κ1) is 23.9.